The number of carbonyl (C=O) groups is 2. The number of hydrogen-bond donors (Lipinski definition) is 0. The standard InChI is InChI=1S/C22H38O4/c1-22(2,3)18-12-14-19(15-13-18)26-21(24)11-7-10-20(23)25-16-17-8-5-4-6-9-17/h17-19H,4-16H2,1-3H3. The molecule has 0 amide bonds. The minimum atomic E-state index is -0.172. The van der Waals surface area contributed by atoms with Gasteiger partial charge in [0.15, 0.2) is 0 Å². The van der Waals surface area contributed by atoms with Crippen LogP contribution in [0.4, 0.5) is 0 Å². The summed E-state index contributed by atoms with van der Waals surface area (Å²) in [6.45, 7) is 7.42. The lowest BCUT2D eigenvalue weighted by atomic mass is 9.72. The molecule has 0 atom stereocenters. The van der Waals surface area contributed by atoms with E-state index in [1.165, 1.54) is 32.1 Å². The first-order chi connectivity index (χ1) is 12.3. The van der Waals surface area contributed by atoms with E-state index >= 15 is 0 Å². The fraction of sp³-hybridized carbons (Fsp3) is 0.909. The summed E-state index contributed by atoms with van der Waals surface area (Å²) in [7, 11) is 0. The van der Waals surface area contributed by atoms with Crippen LogP contribution in [-0.4, -0.2) is 24.6 Å². The Bertz CT molecular complexity index is 438. The van der Waals surface area contributed by atoms with Crippen LogP contribution in [0, 0.1) is 17.3 Å². The van der Waals surface area contributed by atoms with Crippen molar-refractivity contribution in [1.29, 1.82) is 0 Å². The molecule has 0 N–H and O–H groups in total. The fourth-order valence-electron chi connectivity index (χ4n) is 4.31. The van der Waals surface area contributed by atoms with Gasteiger partial charge in [0, 0.05) is 12.8 Å². The van der Waals surface area contributed by atoms with Crippen molar-refractivity contribution in [3.8, 4) is 0 Å². The maximum absolute atomic E-state index is 12.0. The molecule has 4 heteroatoms. The molecule has 0 spiro atoms. The van der Waals surface area contributed by atoms with Gasteiger partial charge in [0.1, 0.15) is 6.10 Å². The molecule has 2 saturated carbocycles. The van der Waals surface area contributed by atoms with Crippen molar-refractivity contribution >= 4 is 11.9 Å². The van der Waals surface area contributed by atoms with Gasteiger partial charge < -0.3 is 9.47 Å². The molecule has 0 aromatic heterocycles. The van der Waals surface area contributed by atoms with Crippen LogP contribution >= 0.6 is 0 Å². The van der Waals surface area contributed by atoms with Crippen LogP contribution in [0.1, 0.15) is 97.8 Å². The van der Waals surface area contributed by atoms with Crippen molar-refractivity contribution in [3.05, 3.63) is 0 Å². The van der Waals surface area contributed by atoms with E-state index in [0.29, 0.717) is 37.2 Å². The van der Waals surface area contributed by atoms with E-state index in [-0.39, 0.29) is 18.0 Å². The lowest BCUT2D eigenvalue weighted by molar-refractivity contribution is -0.151. The molecule has 0 aromatic carbocycles. The summed E-state index contributed by atoms with van der Waals surface area (Å²) in [6.07, 6.45) is 11.6. The largest absolute Gasteiger partial charge is 0.465 e. The summed E-state index contributed by atoms with van der Waals surface area (Å²) >= 11 is 0. The molecular formula is C22H38O4. The highest BCUT2D eigenvalue weighted by Gasteiger charge is 2.31. The van der Waals surface area contributed by atoms with Crippen molar-refractivity contribution in [2.24, 2.45) is 17.3 Å². The highest BCUT2D eigenvalue weighted by Crippen LogP contribution is 2.38. The van der Waals surface area contributed by atoms with Crippen molar-refractivity contribution < 1.29 is 19.1 Å². The molecule has 0 bridgehead atoms. The topological polar surface area (TPSA) is 52.6 Å². The van der Waals surface area contributed by atoms with Crippen molar-refractivity contribution in [3.63, 3.8) is 0 Å². The molecule has 2 aliphatic carbocycles. The summed E-state index contributed by atoms with van der Waals surface area (Å²) in [6, 6.07) is 0. The predicted molar refractivity (Wildman–Crippen MR) is 103 cm³/mol. The normalized spacial score (nSPS) is 24.9. The lowest BCUT2D eigenvalue weighted by Crippen LogP contribution is -2.30. The van der Waals surface area contributed by atoms with Crippen LogP contribution in [0.3, 0.4) is 0 Å². The van der Waals surface area contributed by atoms with Gasteiger partial charge in [-0.25, -0.2) is 0 Å². The summed E-state index contributed by atoms with van der Waals surface area (Å²) in [5.41, 5.74) is 0.340. The van der Waals surface area contributed by atoms with Gasteiger partial charge >= 0.3 is 11.9 Å². The van der Waals surface area contributed by atoms with Gasteiger partial charge in [0.25, 0.3) is 0 Å². The Morgan fingerprint density at radius 2 is 1.46 bits per heavy atom. The van der Waals surface area contributed by atoms with Crippen molar-refractivity contribution in [2.75, 3.05) is 6.61 Å². The van der Waals surface area contributed by atoms with Crippen LogP contribution in [0.2, 0.25) is 0 Å². The second kappa shape index (κ2) is 10.3. The Hall–Kier alpha value is -1.06. The maximum atomic E-state index is 12.0. The van der Waals surface area contributed by atoms with Gasteiger partial charge in [-0.1, -0.05) is 40.0 Å². The van der Waals surface area contributed by atoms with Gasteiger partial charge in [0.05, 0.1) is 6.61 Å². The molecule has 0 radical (unpaired) electrons. The van der Waals surface area contributed by atoms with E-state index in [1.807, 2.05) is 0 Å². The van der Waals surface area contributed by atoms with Gasteiger partial charge in [-0.2, -0.15) is 0 Å². The Morgan fingerprint density at radius 3 is 2.08 bits per heavy atom. The molecule has 2 rings (SSSR count). The van der Waals surface area contributed by atoms with E-state index < -0.39 is 0 Å². The van der Waals surface area contributed by atoms with Crippen molar-refractivity contribution in [1.82, 2.24) is 0 Å². The zero-order valence-electron chi connectivity index (χ0n) is 17.1. The predicted octanol–water partition coefficient (Wildman–Crippen LogP) is 5.43. The minimum absolute atomic E-state index is 0.0688. The average Bonchev–Trinajstić information content (AvgIpc) is 2.60. The molecule has 4 nitrogen and oxygen atoms in total. The van der Waals surface area contributed by atoms with Gasteiger partial charge in [-0.3, -0.25) is 9.59 Å². The molecule has 26 heavy (non-hydrogen) atoms. The lowest BCUT2D eigenvalue weighted by Gasteiger charge is -2.36. The number of hydrogen-bond acceptors (Lipinski definition) is 4. The first-order valence-electron chi connectivity index (χ1n) is 10.7. The fourth-order valence-corrected chi connectivity index (χ4v) is 4.31. The Morgan fingerprint density at radius 1 is 0.846 bits per heavy atom. The quantitative estimate of drug-likeness (QED) is 0.564. The summed E-state index contributed by atoms with van der Waals surface area (Å²) < 4.78 is 11.0. The third kappa shape index (κ3) is 7.67. The molecule has 0 unspecified atom stereocenters. The molecule has 2 aliphatic rings. The molecule has 0 aromatic rings. The maximum Gasteiger partial charge on any atom is 0.306 e. The highest BCUT2D eigenvalue weighted by molar-refractivity contribution is 5.72. The van der Waals surface area contributed by atoms with Gasteiger partial charge in [0.2, 0.25) is 0 Å². The Labute approximate surface area is 159 Å². The van der Waals surface area contributed by atoms with Crippen LogP contribution < -0.4 is 0 Å². The number of carbonyl (C=O) groups excluding carboxylic acids is 2. The summed E-state index contributed by atoms with van der Waals surface area (Å²) in [5.74, 6) is 0.927. The first kappa shape index (κ1) is 21.2. The van der Waals surface area contributed by atoms with Crippen LogP contribution in [0.25, 0.3) is 0 Å². The minimum Gasteiger partial charge on any atom is -0.465 e. The number of ether oxygens (including phenoxy) is 2. The molecule has 0 saturated heterocycles. The second-order valence-corrected chi connectivity index (χ2v) is 9.37. The zero-order chi connectivity index (χ0) is 19.0. The third-order valence-corrected chi connectivity index (χ3v) is 6.16. The van der Waals surface area contributed by atoms with Crippen molar-refractivity contribution in [2.45, 2.75) is 104 Å². The molecule has 0 heterocycles. The SMILES string of the molecule is CC(C)(C)C1CCC(OC(=O)CCCC(=O)OCC2CCCCC2)CC1. The van der Waals surface area contributed by atoms with Crippen LogP contribution in [0.5, 0.6) is 0 Å². The average molecular weight is 367 g/mol. The zero-order valence-corrected chi connectivity index (χ0v) is 17.1. The Balaban J connectivity index is 1.53. The summed E-state index contributed by atoms with van der Waals surface area (Å²) in [5, 5.41) is 0. The molecule has 0 aliphatic heterocycles. The van der Waals surface area contributed by atoms with E-state index in [9.17, 15) is 9.59 Å². The molecular weight excluding hydrogens is 328 g/mol. The highest BCUT2D eigenvalue weighted by atomic mass is 16.5. The number of esters is 2. The van der Waals surface area contributed by atoms with Gasteiger partial charge in [-0.15, -0.1) is 0 Å². The van der Waals surface area contributed by atoms with Crippen LogP contribution in [0.15, 0.2) is 0 Å². The Kier molecular flexibility index (Phi) is 8.43. The summed E-state index contributed by atoms with van der Waals surface area (Å²) in [4.78, 5) is 23.8. The van der Waals surface area contributed by atoms with E-state index in [4.69, 9.17) is 9.47 Å². The molecule has 150 valence electrons. The van der Waals surface area contributed by atoms with E-state index in [2.05, 4.69) is 20.8 Å². The monoisotopic (exact) mass is 366 g/mol. The first-order valence-corrected chi connectivity index (χ1v) is 10.7. The van der Waals surface area contributed by atoms with Gasteiger partial charge in [-0.05, 0) is 62.2 Å². The smallest absolute Gasteiger partial charge is 0.306 e. The second-order valence-electron chi connectivity index (χ2n) is 9.37. The van der Waals surface area contributed by atoms with Crippen LogP contribution in [-0.2, 0) is 19.1 Å². The number of rotatable bonds is 7. The van der Waals surface area contributed by atoms with E-state index in [1.54, 1.807) is 0 Å². The third-order valence-electron chi connectivity index (χ3n) is 6.16. The molecule has 2 fully saturated rings. The van der Waals surface area contributed by atoms with E-state index in [0.717, 1.165) is 31.6 Å².